The molecule has 3 saturated carbocycles. The van der Waals surface area contributed by atoms with Crippen LogP contribution < -0.4 is 5.73 Å². The van der Waals surface area contributed by atoms with Crippen molar-refractivity contribution in [1.29, 1.82) is 0 Å². The standard InChI is InChI=1S/C18H33N/c1-2-3-13-4-7-15(8-5-13)18(19)12-17-11-14-6-9-16(17)10-14/h13-18H,2-12,19H2,1H3. The summed E-state index contributed by atoms with van der Waals surface area (Å²) in [7, 11) is 0. The largest absolute Gasteiger partial charge is 0.327 e. The second-order valence-corrected chi connectivity index (χ2v) is 7.90. The molecule has 0 aromatic rings. The molecule has 0 aromatic carbocycles. The van der Waals surface area contributed by atoms with Gasteiger partial charge in [0.05, 0.1) is 0 Å². The van der Waals surface area contributed by atoms with Gasteiger partial charge >= 0.3 is 0 Å². The van der Waals surface area contributed by atoms with Crippen LogP contribution in [0.5, 0.6) is 0 Å². The predicted molar refractivity (Wildman–Crippen MR) is 81.9 cm³/mol. The molecule has 0 radical (unpaired) electrons. The summed E-state index contributed by atoms with van der Waals surface area (Å²) in [5.74, 6) is 5.03. The predicted octanol–water partition coefficient (Wildman–Crippen LogP) is 4.75. The molecular weight excluding hydrogens is 230 g/mol. The molecule has 3 aliphatic carbocycles. The van der Waals surface area contributed by atoms with Gasteiger partial charge in [-0.2, -0.15) is 0 Å². The zero-order valence-electron chi connectivity index (χ0n) is 12.8. The van der Waals surface area contributed by atoms with Gasteiger partial charge in [-0.1, -0.05) is 39.0 Å². The molecule has 0 heterocycles. The second kappa shape index (κ2) is 6.16. The summed E-state index contributed by atoms with van der Waals surface area (Å²) in [6.07, 6.45) is 16.0. The second-order valence-electron chi connectivity index (χ2n) is 7.90. The van der Waals surface area contributed by atoms with Crippen LogP contribution in [0, 0.1) is 29.6 Å². The SMILES string of the molecule is CCCC1CCC(C(N)CC2CC3CCC2C3)CC1. The van der Waals surface area contributed by atoms with Gasteiger partial charge in [-0.25, -0.2) is 0 Å². The highest BCUT2D eigenvalue weighted by Gasteiger charge is 2.40. The highest BCUT2D eigenvalue weighted by Crippen LogP contribution is 2.50. The lowest BCUT2D eigenvalue weighted by Crippen LogP contribution is -2.35. The summed E-state index contributed by atoms with van der Waals surface area (Å²) in [5, 5.41) is 0. The molecule has 0 saturated heterocycles. The Morgan fingerprint density at radius 1 is 1.00 bits per heavy atom. The lowest BCUT2D eigenvalue weighted by Gasteiger charge is -2.34. The van der Waals surface area contributed by atoms with Crippen molar-refractivity contribution in [2.24, 2.45) is 35.3 Å². The van der Waals surface area contributed by atoms with E-state index in [1.54, 1.807) is 6.42 Å². The number of hydrogen-bond acceptors (Lipinski definition) is 1. The average molecular weight is 263 g/mol. The molecule has 0 amide bonds. The third-order valence-electron chi connectivity index (χ3n) is 6.65. The van der Waals surface area contributed by atoms with E-state index in [1.165, 1.54) is 64.2 Å². The molecule has 110 valence electrons. The van der Waals surface area contributed by atoms with E-state index in [0.717, 1.165) is 29.6 Å². The van der Waals surface area contributed by atoms with E-state index in [0.29, 0.717) is 6.04 Å². The Morgan fingerprint density at radius 3 is 2.37 bits per heavy atom. The molecule has 4 unspecified atom stereocenters. The first-order valence-electron chi connectivity index (χ1n) is 9.01. The van der Waals surface area contributed by atoms with E-state index in [9.17, 15) is 0 Å². The zero-order chi connectivity index (χ0) is 13.2. The lowest BCUT2D eigenvalue weighted by atomic mass is 9.74. The van der Waals surface area contributed by atoms with Gasteiger partial charge in [-0.3, -0.25) is 0 Å². The maximum Gasteiger partial charge on any atom is 0.00699 e. The van der Waals surface area contributed by atoms with Crippen LogP contribution in [0.4, 0.5) is 0 Å². The summed E-state index contributed by atoms with van der Waals surface area (Å²) in [6.45, 7) is 2.33. The van der Waals surface area contributed by atoms with Crippen molar-refractivity contribution in [3.05, 3.63) is 0 Å². The molecule has 3 rings (SSSR count). The Balaban J connectivity index is 1.42. The van der Waals surface area contributed by atoms with Gasteiger partial charge in [0.25, 0.3) is 0 Å². The molecule has 0 spiro atoms. The van der Waals surface area contributed by atoms with E-state index < -0.39 is 0 Å². The van der Waals surface area contributed by atoms with E-state index >= 15 is 0 Å². The van der Waals surface area contributed by atoms with E-state index in [2.05, 4.69) is 6.92 Å². The van der Waals surface area contributed by atoms with Crippen molar-refractivity contribution < 1.29 is 0 Å². The number of hydrogen-bond donors (Lipinski definition) is 1. The quantitative estimate of drug-likeness (QED) is 0.761. The van der Waals surface area contributed by atoms with Crippen LogP contribution in [0.25, 0.3) is 0 Å². The maximum absolute atomic E-state index is 6.58. The van der Waals surface area contributed by atoms with Crippen molar-refractivity contribution in [3.63, 3.8) is 0 Å². The molecule has 3 aliphatic rings. The van der Waals surface area contributed by atoms with E-state index in [1.807, 2.05) is 0 Å². The molecule has 2 bridgehead atoms. The third-order valence-corrected chi connectivity index (χ3v) is 6.65. The molecule has 3 fully saturated rings. The van der Waals surface area contributed by atoms with Crippen LogP contribution in [0.3, 0.4) is 0 Å². The van der Waals surface area contributed by atoms with Gasteiger partial charge in [0.15, 0.2) is 0 Å². The first kappa shape index (κ1) is 13.9. The summed E-state index contributed by atoms with van der Waals surface area (Å²) in [4.78, 5) is 0. The summed E-state index contributed by atoms with van der Waals surface area (Å²) in [6, 6.07) is 0.520. The number of nitrogens with two attached hydrogens (primary N) is 1. The number of rotatable bonds is 5. The maximum atomic E-state index is 6.58. The Labute approximate surface area is 119 Å². The summed E-state index contributed by atoms with van der Waals surface area (Å²) in [5.41, 5.74) is 6.58. The Bertz CT molecular complexity index is 279. The Morgan fingerprint density at radius 2 is 1.79 bits per heavy atom. The Kier molecular flexibility index (Phi) is 4.51. The minimum absolute atomic E-state index is 0.520. The first-order chi connectivity index (χ1) is 9.26. The van der Waals surface area contributed by atoms with Gasteiger partial charge in [0, 0.05) is 6.04 Å². The lowest BCUT2D eigenvalue weighted by molar-refractivity contribution is 0.198. The fourth-order valence-electron chi connectivity index (χ4n) is 5.52. The average Bonchev–Trinajstić information content (AvgIpc) is 3.02. The molecule has 1 nitrogen and oxygen atoms in total. The molecule has 0 aromatic heterocycles. The van der Waals surface area contributed by atoms with Gasteiger partial charge in [-0.15, -0.1) is 0 Å². The van der Waals surface area contributed by atoms with Crippen LogP contribution in [-0.2, 0) is 0 Å². The fraction of sp³-hybridized carbons (Fsp3) is 1.00. The highest BCUT2D eigenvalue weighted by molar-refractivity contribution is 4.92. The Hall–Kier alpha value is -0.0400. The van der Waals surface area contributed by atoms with Crippen molar-refractivity contribution >= 4 is 0 Å². The van der Waals surface area contributed by atoms with Crippen molar-refractivity contribution in [2.45, 2.75) is 83.6 Å². The van der Waals surface area contributed by atoms with Gasteiger partial charge < -0.3 is 5.73 Å². The highest BCUT2D eigenvalue weighted by atomic mass is 14.7. The van der Waals surface area contributed by atoms with Gasteiger partial charge in [-0.05, 0) is 68.1 Å². The molecule has 1 heteroatoms. The van der Waals surface area contributed by atoms with E-state index in [-0.39, 0.29) is 0 Å². The molecule has 2 N–H and O–H groups in total. The zero-order valence-corrected chi connectivity index (χ0v) is 12.8. The van der Waals surface area contributed by atoms with E-state index in [4.69, 9.17) is 5.73 Å². The summed E-state index contributed by atoms with van der Waals surface area (Å²) >= 11 is 0. The van der Waals surface area contributed by atoms with Crippen LogP contribution in [0.2, 0.25) is 0 Å². The monoisotopic (exact) mass is 263 g/mol. The fourth-order valence-corrected chi connectivity index (χ4v) is 5.52. The van der Waals surface area contributed by atoms with Crippen LogP contribution in [0.15, 0.2) is 0 Å². The van der Waals surface area contributed by atoms with Crippen molar-refractivity contribution in [2.75, 3.05) is 0 Å². The third kappa shape index (κ3) is 3.17. The van der Waals surface area contributed by atoms with Gasteiger partial charge in [0.2, 0.25) is 0 Å². The molecule has 19 heavy (non-hydrogen) atoms. The molecular formula is C18H33N. The van der Waals surface area contributed by atoms with Gasteiger partial charge in [0.1, 0.15) is 0 Å². The van der Waals surface area contributed by atoms with Crippen LogP contribution in [0.1, 0.15) is 77.6 Å². The topological polar surface area (TPSA) is 26.0 Å². The smallest absolute Gasteiger partial charge is 0.00699 e. The van der Waals surface area contributed by atoms with Crippen molar-refractivity contribution in [3.8, 4) is 0 Å². The normalized spacial score (nSPS) is 43.6. The minimum Gasteiger partial charge on any atom is -0.327 e. The van der Waals surface area contributed by atoms with Crippen LogP contribution in [-0.4, -0.2) is 6.04 Å². The summed E-state index contributed by atoms with van der Waals surface area (Å²) < 4.78 is 0. The molecule has 4 atom stereocenters. The minimum atomic E-state index is 0.520. The molecule has 0 aliphatic heterocycles. The van der Waals surface area contributed by atoms with Crippen molar-refractivity contribution in [1.82, 2.24) is 0 Å². The first-order valence-corrected chi connectivity index (χ1v) is 9.01. The number of fused-ring (bicyclic) bond motifs is 2. The van der Waals surface area contributed by atoms with Crippen LogP contribution >= 0.6 is 0 Å².